The van der Waals surface area contributed by atoms with Crippen LogP contribution in [0.2, 0.25) is 0 Å². The van der Waals surface area contributed by atoms with Gasteiger partial charge in [-0.1, -0.05) is 19.9 Å². The highest BCUT2D eigenvalue weighted by atomic mass is 32.1. The maximum Gasteiger partial charge on any atom is 0.257 e. The predicted octanol–water partition coefficient (Wildman–Crippen LogP) is 3.93. The molecule has 7 nitrogen and oxygen atoms in total. The fraction of sp³-hybridized carbons (Fsp3) is 0.478. The maximum atomic E-state index is 13.3. The summed E-state index contributed by atoms with van der Waals surface area (Å²) in [6, 6.07) is 5.94. The van der Waals surface area contributed by atoms with Crippen LogP contribution in [0.25, 0.3) is 16.5 Å². The van der Waals surface area contributed by atoms with Gasteiger partial charge < -0.3 is 9.80 Å². The monoisotopic (exact) mass is 438 g/mol. The van der Waals surface area contributed by atoms with E-state index in [1.54, 1.807) is 28.4 Å². The maximum absolute atomic E-state index is 13.3. The zero-order valence-electron chi connectivity index (χ0n) is 18.7. The van der Waals surface area contributed by atoms with Gasteiger partial charge in [0.05, 0.1) is 28.0 Å². The number of nitrogens with zero attached hydrogens (tertiary/aromatic N) is 6. The number of carbonyl (C=O) groups excluding carboxylic acids is 1. The summed E-state index contributed by atoms with van der Waals surface area (Å²) in [6.07, 6.45) is 5.77. The van der Waals surface area contributed by atoms with E-state index in [0.29, 0.717) is 17.4 Å². The first-order chi connectivity index (χ1) is 14.9. The minimum Gasteiger partial charge on any atom is -0.341 e. The third-order valence-corrected chi connectivity index (χ3v) is 6.68. The van der Waals surface area contributed by atoms with Gasteiger partial charge in [-0.2, -0.15) is 5.10 Å². The van der Waals surface area contributed by atoms with Crippen molar-refractivity contribution in [2.75, 3.05) is 33.7 Å². The molecule has 4 heterocycles. The summed E-state index contributed by atoms with van der Waals surface area (Å²) in [7, 11) is 4.05. The number of hydrogen-bond donors (Lipinski definition) is 0. The number of aromatic nitrogens is 4. The smallest absolute Gasteiger partial charge is 0.257 e. The zero-order chi connectivity index (χ0) is 22.0. The Hall–Kier alpha value is -2.58. The van der Waals surface area contributed by atoms with Crippen molar-refractivity contribution in [2.45, 2.75) is 32.6 Å². The van der Waals surface area contributed by atoms with Crippen molar-refractivity contribution >= 4 is 17.2 Å². The highest BCUT2D eigenvalue weighted by Gasteiger charge is 2.27. The Morgan fingerprint density at radius 2 is 2.19 bits per heavy atom. The van der Waals surface area contributed by atoms with Gasteiger partial charge in [-0.3, -0.25) is 4.79 Å². The molecule has 8 heteroatoms. The van der Waals surface area contributed by atoms with Crippen molar-refractivity contribution in [1.82, 2.24) is 29.5 Å². The van der Waals surface area contributed by atoms with Crippen LogP contribution in [0.4, 0.5) is 0 Å². The second kappa shape index (κ2) is 9.28. The van der Waals surface area contributed by atoms with Crippen molar-refractivity contribution in [2.24, 2.45) is 5.92 Å². The molecule has 1 fully saturated rings. The second-order valence-corrected chi connectivity index (χ2v) is 9.63. The fourth-order valence-electron chi connectivity index (χ4n) is 4.35. The molecule has 0 aliphatic carbocycles. The summed E-state index contributed by atoms with van der Waals surface area (Å²) < 4.78 is 1.72. The number of thiophene rings is 1. The summed E-state index contributed by atoms with van der Waals surface area (Å²) in [4.78, 5) is 27.8. The van der Waals surface area contributed by atoms with Gasteiger partial charge in [-0.05, 0) is 55.8 Å². The van der Waals surface area contributed by atoms with Crippen LogP contribution in [-0.2, 0) is 0 Å². The second-order valence-electron chi connectivity index (χ2n) is 8.69. The molecular weight excluding hydrogens is 408 g/mol. The highest BCUT2D eigenvalue weighted by molar-refractivity contribution is 7.13. The van der Waals surface area contributed by atoms with Crippen molar-refractivity contribution in [3.8, 4) is 16.5 Å². The zero-order valence-corrected chi connectivity index (χ0v) is 19.5. The van der Waals surface area contributed by atoms with Gasteiger partial charge in [-0.25, -0.2) is 14.6 Å². The molecule has 1 amide bonds. The topological polar surface area (TPSA) is 67.2 Å². The third kappa shape index (κ3) is 4.70. The van der Waals surface area contributed by atoms with Gasteiger partial charge in [0.25, 0.3) is 11.9 Å². The van der Waals surface area contributed by atoms with E-state index in [-0.39, 0.29) is 11.8 Å². The summed E-state index contributed by atoms with van der Waals surface area (Å²) in [6.45, 7) is 7.09. The van der Waals surface area contributed by atoms with E-state index < -0.39 is 0 Å². The Labute approximate surface area is 187 Å². The van der Waals surface area contributed by atoms with Gasteiger partial charge in [-0.15, -0.1) is 11.3 Å². The molecule has 31 heavy (non-hydrogen) atoms. The molecule has 1 aliphatic rings. The summed E-state index contributed by atoms with van der Waals surface area (Å²) in [5.41, 5.74) is 2.34. The van der Waals surface area contributed by atoms with Crippen molar-refractivity contribution in [1.29, 1.82) is 0 Å². The molecule has 3 aromatic rings. The SMILES string of the molecule is CC(C)c1c(C(=O)N(C)CC2CCCN(C)C2)cnn1-c1nccc(-c2cccs2)n1. The van der Waals surface area contributed by atoms with E-state index in [0.717, 1.165) is 35.9 Å². The minimum atomic E-state index is 0.0117. The van der Waals surface area contributed by atoms with E-state index >= 15 is 0 Å². The molecule has 0 N–H and O–H groups in total. The first-order valence-corrected chi connectivity index (χ1v) is 11.7. The Bertz CT molecular complexity index is 1030. The molecule has 1 saturated heterocycles. The molecular formula is C23H30N6OS. The number of piperidine rings is 1. The van der Waals surface area contributed by atoms with Crippen molar-refractivity contribution < 1.29 is 4.79 Å². The van der Waals surface area contributed by atoms with Crippen LogP contribution < -0.4 is 0 Å². The van der Waals surface area contributed by atoms with Gasteiger partial charge in [0.15, 0.2) is 0 Å². The third-order valence-electron chi connectivity index (χ3n) is 5.79. The molecule has 0 radical (unpaired) electrons. The molecule has 0 aromatic carbocycles. The van der Waals surface area contributed by atoms with Crippen molar-refractivity contribution in [3.05, 3.63) is 47.2 Å². The molecule has 164 valence electrons. The lowest BCUT2D eigenvalue weighted by Gasteiger charge is -2.32. The Morgan fingerprint density at radius 3 is 2.90 bits per heavy atom. The number of amides is 1. The van der Waals surface area contributed by atoms with E-state index in [9.17, 15) is 4.79 Å². The Morgan fingerprint density at radius 1 is 1.35 bits per heavy atom. The normalized spacial score (nSPS) is 17.3. The Balaban J connectivity index is 1.60. The molecule has 4 rings (SSSR count). The van der Waals surface area contributed by atoms with E-state index in [2.05, 4.69) is 35.9 Å². The first-order valence-electron chi connectivity index (χ1n) is 10.8. The number of carbonyl (C=O) groups is 1. The van der Waals surface area contributed by atoms with Crippen LogP contribution in [0.1, 0.15) is 48.7 Å². The van der Waals surface area contributed by atoms with Crippen LogP contribution in [0.15, 0.2) is 36.0 Å². The lowest BCUT2D eigenvalue weighted by atomic mass is 9.97. The first kappa shape index (κ1) is 21.6. The molecule has 0 bridgehead atoms. The Kier molecular flexibility index (Phi) is 6.48. The number of hydrogen-bond acceptors (Lipinski definition) is 6. The average molecular weight is 439 g/mol. The molecule has 1 aliphatic heterocycles. The van der Waals surface area contributed by atoms with Crippen LogP contribution in [-0.4, -0.2) is 69.2 Å². The average Bonchev–Trinajstić information content (AvgIpc) is 3.43. The number of rotatable bonds is 6. The summed E-state index contributed by atoms with van der Waals surface area (Å²) >= 11 is 1.64. The van der Waals surface area contributed by atoms with E-state index in [1.165, 1.54) is 12.8 Å². The van der Waals surface area contributed by atoms with Gasteiger partial charge in [0.2, 0.25) is 0 Å². The van der Waals surface area contributed by atoms with Crippen molar-refractivity contribution in [3.63, 3.8) is 0 Å². The van der Waals surface area contributed by atoms with Gasteiger partial charge >= 0.3 is 0 Å². The lowest BCUT2D eigenvalue weighted by molar-refractivity contribution is 0.0739. The van der Waals surface area contributed by atoms with Crippen LogP contribution in [0.3, 0.4) is 0 Å². The fourth-order valence-corrected chi connectivity index (χ4v) is 5.04. The molecule has 3 aromatic heterocycles. The summed E-state index contributed by atoms with van der Waals surface area (Å²) in [5, 5.41) is 6.56. The van der Waals surface area contributed by atoms with Crippen LogP contribution in [0, 0.1) is 5.92 Å². The quantitative estimate of drug-likeness (QED) is 0.583. The lowest BCUT2D eigenvalue weighted by Crippen LogP contribution is -2.40. The molecule has 1 atom stereocenters. The standard InChI is InChI=1S/C23H30N6OS/c1-16(2)21-18(22(30)28(4)15-17-7-5-11-27(3)14-17)13-25-29(21)23-24-10-9-19(26-23)20-8-6-12-31-20/h6,8-10,12-13,16-17H,5,7,11,14-15H2,1-4H3. The molecule has 1 unspecified atom stereocenters. The molecule has 0 saturated carbocycles. The van der Waals surface area contributed by atoms with E-state index in [4.69, 9.17) is 4.98 Å². The van der Waals surface area contributed by atoms with Gasteiger partial charge in [0.1, 0.15) is 0 Å². The number of likely N-dealkylation sites (tertiary alicyclic amines) is 1. The largest absolute Gasteiger partial charge is 0.341 e. The molecule has 0 spiro atoms. The predicted molar refractivity (Wildman–Crippen MR) is 124 cm³/mol. The minimum absolute atomic E-state index is 0.0117. The van der Waals surface area contributed by atoms with E-state index in [1.807, 2.05) is 35.5 Å². The highest BCUT2D eigenvalue weighted by Crippen LogP contribution is 2.26. The van der Waals surface area contributed by atoms with Gasteiger partial charge in [0, 0.05) is 26.3 Å². The summed E-state index contributed by atoms with van der Waals surface area (Å²) in [5.74, 6) is 1.11. The van der Waals surface area contributed by atoms with Crippen LogP contribution in [0.5, 0.6) is 0 Å². The van der Waals surface area contributed by atoms with Crippen LogP contribution >= 0.6 is 11.3 Å².